The highest BCUT2D eigenvalue weighted by Crippen LogP contribution is 2.46. The molecule has 2 aliphatic rings. The van der Waals surface area contributed by atoms with E-state index >= 15 is 0 Å². The molecule has 1 nitrogen and oxygen atoms in total. The lowest BCUT2D eigenvalue weighted by atomic mass is 9.91. The molecule has 2 aliphatic carbocycles. The number of hydrogen-bond donors (Lipinski definition) is 0. The third-order valence-corrected chi connectivity index (χ3v) is 13.3. The molecule has 0 N–H and O–H groups in total. The van der Waals surface area contributed by atoms with E-state index in [2.05, 4.69) is 68.7 Å². The van der Waals surface area contributed by atoms with Crippen molar-refractivity contribution in [3.8, 4) is 0 Å². The van der Waals surface area contributed by atoms with Crippen molar-refractivity contribution in [2.75, 3.05) is 0 Å². The lowest BCUT2D eigenvalue weighted by molar-refractivity contribution is 0.421. The van der Waals surface area contributed by atoms with Crippen molar-refractivity contribution < 1.29 is 4.12 Å². The van der Waals surface area contributed by atoms with Gasteiger partial charge in [0.1, 0.15) is 0 Å². The van der Waals surface area contributed by atoms with E-state index in [1.165, 1.54) is 43.3 Å². The van der Waals surface area contributed by atoms with Crippen LogP contribution in [0.25, 0.3) is 0 Å². The van der Waals surface area contributed by atoms with Gasteiger partial charge in [0.15, 0.2) is 16.6 Å². The molecule has 1 aromatic rings. The van der Waals surface area contributed by atoms with Crippen LogP contribution in [0.3, 0.4) is 0 Å². The monoisotopic (exact) mass is 358 g/mol. The van der Waals surface area contributed by atoms with Crippen molar-refractivity contribution in [2.45, 2.75) is 64.0 Å². The minimum absolute atomic E-state index is 0.892. The van der Waals surface area contributed by atoms with E-state index in [1.807, 2.05) is 0 Å². The molecule has 0 saturated heterocycles. The van der Waals surface area contributed by atoms with Crippen molar-refractivity contribution in [1.29, 1.82) is 0 Å². The zero-order valence-electron chi connectivity index (χ0n) is 15.9. The molecule has 3 unspecified atom stereocenters. The predicted molar refractivity (Wildman–Crippen MR) is 109 cm³/mol. The molecular formula is C21H34OSi2. The van der Waals surface area contributed by atoms with E-state index in [9.17, 15) is 0 Å². The Morgan fingerprint density at radius 1 is 0.917 bits per heavy atom. The Labute approximate surface area is 150 Å². The van der Waals surface area contributed by atoms with Gasteiger partial charge in [0.2, 0.25) is 0 Å². The second kappa shape index (κ2) is 7.31. The summed E-state index contributed by atoms with van der Waals surface area (Å²) in [5, 5.41) is 0. The molecule has 0 aromatic heterocycles. The van der Waals surface area contributed by atoms with Gasteiger partial charge in [-0.1, -0.05) is 48.9 Å². The van der Waals surface area contributed by atoms with Gasteiger partial charge in [-0.15, -0.1) is 0 Å². The topological polar surface area (TPSA) is 9.23 Å². The molecule has 1 aromatic carbocycles. The van der Waals surface area contributed by atoms with E-state index in [0.29, 0.717) is 0 Å². The molecule has 0 radical (unpaired) electrons. The fraction of sp³-hybridized carbons (Fsp3) is 0.619. The number of hydrogen-bond acceptors (Lipinski definition) is 1. The van der Waals surface area contributed by atoms with Crippen LogP contribution in [0, 0.1) is 17.8 Å². The molecule has 0 spiro atoms. The second-order valence-electron chi connectivity index (χ2n) is 9.19. The quantitative estimate of drug-likeness (QED) is 0.394. The summed E-state index contributed by atoms with van der Waals surface area (Å²) < 4.78 is 6.85. The Kier molecular flexibility index (Phi) is 5.53. The summed E-state index contributed by atoms with van der Waals surface area (Å²) in [5.74, 6) is 2.75. The summed E-state index contributed by atoms with van der Waals surface area (Å²) in [4.78, 5) is 0. The number of benzene rings is 1. The summed E-state index contributed by atoms with van der Waals surface area (Å²) in [6.45, 7) is 9.75. The Morgan fingerprint density at radius 3 is 2.25 bits per heavy atom. The van der Waals surface area contributed by atoms with Crippen LogP contribution in [0.4, 0.5) is 0 Å². The van der Waals surface area contributed by atoms with Crippen LogP contribution in [0.5, 0.6) is 0 Å². The van der Waals surface area contributed by atoms with Crippen LogP contribution in [0.2, 0.25) is 38.3 Å². The minimum Gasteiger partial charge on any atom is -0.455 e. The highest BCUT2D eigenvalue weighted by molar-refractivity contribution is 6.84. The number of aryl methyl sites for hydroxylation is 1. The third-order valence-electron chi connectivity index (χ3n) is 5.94. The van der Waals surface area contributed by atoms with Crippen LogP contribution in [-0.2, 0) is 10.5 Å². The van der Waals surface area contributed by atoms with E-state index in [1.54, 1.807) is 0 Å². The summed E-state index contributed by atoms with van der Waals surface area (Å²) in [6, 6.07) is 13.5. The highest BCUT2D eigenvalue weighted by Gasteiger charge is 2.38. The van der Waals surface area contributed by atoms with Crippen LogP contribution in [0.15, 0.2) is 42.5 Å². The first-order chi connectivity index (χ1) is 11.3. The summed E-state index contributed by atoms with van der Waals surface area (Å²) >= 11 is 0. The van der Waals surface area contributed by atoms with Gasteiger partial charge >= 0.3 is 0 Å². The van der Waals surface area contributed by atoms with Gasteiger partial charge in [0.05, 0.1) is 0 Å². The first-order valence-electron chi connectivity index (χ1n) is 9.75. The lowest BCUT2D eigenvalue weighted by Crippen LogP contribution is -2.44. The Morgan fingerprint density at radius 2 is 1.62 bits per heavy atom. The first kappa shape index (κ1) is 18.2. The molecule has 0 aliphatic heterocycles. The number of fused-ring (bicyclic) bond motifs is 2. The van der Waals surface area contributed by atoms with Gasteiger partial charge in [-0.05, 0) is 80.9 Å². The molecule has 3 heteroatoms. The average Bonchev–Trinajstić information content (AvgIpc) is 3.14. The summed E-state index contributed by atoms with van der Waals surface area (Å²) in [5.41, 5.74) is 1.45. The fourth-order valence-electron chi connectivity index (χ4n) is 4.70. The van der Waals surface area contributed by atoms with Gasteiger partial charge in [-0.2, -0.15) is 0 Å². The van der Waals surface area contributed by atoms with Crippen molar-refractivity contribution in [3.63, 3.8) is 0 Å². The van der Waals surface area contributed by atoms with Crippen molar-refractivity contribution >= 4 is 16.6 Å². The Balaban J connectivity index is 1.46. The number of rotatable bonds is 8. The molecule has 0 heterocycles. The van der Waals surface area contributed by atoms with E-state index in [-0.39, 0.29) is 0 Å². The van der Waals surface area contributed by atoms with Gasteiger partial charge in [0.25, 0.3) is 0 Å². The molecule has 0 amide bonds. The maximum absolute atomic E-state index is 6.85. The zero-order chi connectivity index (χ0) is 17.2. The molecule has 3 rings (SSSR count). The molecule has 2 bridgehead atoms. The second-order valence-corrected chi connectivity index (χ2v) is 18.0. The molecule has 24 heavy (non-hydrogen) atoms. The van der Waals surface area contributed by atoms with Crippen LogP contribution < -0.4 is 0 Å². The van der Waals surface area contributed by atoms with Crippen molar-refractivity contribution in [2.24, 2.45) is 17.8 Å². The average molecular weight is 359 g/mol. The Hall–Kier alpha value is -0.646. The highest BCUT2D eigenvalue weighted by atomic mass is 28.4. The minimum atomic E-state index is -1.57. The van der Waals surface area contributed by atoms with Gasteiger partial charge in [0, 0.05) is 0 Å². The first-order valence-corrected chi connectivity index (χ1v) is 16.0. The van der Waals surface area contributed by atoms with Crippen molar-refractivity contribution in [3.05, 3.63) is 48.0 Å². The standard InChI is InChI=1S/C21H34OSi2/c1-23(2,14-12-18-8-6-5-7-9-18)22-24(3,4)15-13-21-17-19-10-11-20(21)16-19/h5-11,19-21H,12-17H2,1-4H3. The molecule has 132 valence electrons. The van der Waals surface area contributed by atoms with Crippen molar-refractivity contribution in [1.82, 2.24) is 0 Å². The maximum atomic E-state index is 6.85. The molecular weight excluding hydrogens is 324 g/mol. The van der Waals surface area contributed by atoms with E-state index in [4.69, 9.17) is 4.12 Å². The molecule has 3 atom stereocenters. The van der Waals surface area contributed by atoms with Crippen LogP contribution in [0.1, 0.15) is 24.8 Å². The third kappa shape index (κ3) is 4.93. The predicted octanol–water partition coefficient (Wildman–Crippen LogP) is 6.26. The molecule has 1 fully saturated rings. The van der Waals surface area contributed by atoms with E-state index < -0.39 is 16.6 Å². The van der Waals surface area contributed by atoms with Crippen LogP contribution in [-0.4, -0.2) is 16.6 Å². The largest absolute Gasteiger partial charge is 0.455 e. The van der Waals surface area contributed by atoms with Gasteiger partial charge < -0.3 is 4.12 Å². The Bertz CT molecular complexity index is 564. The smallest absolute Gasteiger partial charge is 0.173 e. The SMILES string of the molecule is C[Si](C)(CCc1ccccc1)O[Si](C)(C)CCC1CC2C=CC1C2. The summed E-state index contributed by atoms with van der Waals surface area (Å²) in [7, 11) is -3.10. The molecule has 1 saturated carbocycles. The summed E-state index contributed by atoms with van der Waals surface area (Å²) in [6.07, 6.45) is 10.4. The zero-order valence-corrected chi connectivity index (χ0v) is 17.9. The van der Waals surface area contributed by atoms with Gasteiger partial charge in [-0.3, -0.25) is 0 Å². The number of allylic oxidation sites excluding steroid dienone is 2. The maximum Gasteiger partial charge on any atom is 0.173 e. The normalized spacial score (nSPS) is 26.2. The van der Waals surface area contributed by atoms with Crippen LogP contribution >= 0.6 is 0 Å². The van der Waals surface area contributed by atoms with Gasteiger partial charge in [-0.25, -0.2) is 0 Å². The van der Waals surface area contributed by atoms with E-state index in [0.717, 1.165) is 17.8 Å². The lowest BCUT2D eigenvalue weighted by Gasteiger charge is -2.35. The fourth-order valence-corrected chi connectivity index (χ4v) is 13.5.